The summed E-state index contributed by atoms with van der Waals surface area (Å²) in [5, 5.41) is 0.767. The molecule has 2 atom stereocenters. The Morgan fingerprint density at radius 2 is 2.00 bits per heavy atom. The number of hydrogen-bond acceptors (Lipinski definition) is 2. The molecule has 3 rings (SSSR count). The molecular formula is C17H22ClNO2. The molecule has 0 radical (unpaired) electrons. The second kappa shape index (κ2) is 6.80. The smallest absolute Gasteiger partial charge is 0.228 e. The number of halogens is 1. The van der Waals surface area contributed by atoms with Crippen LogP contribution in [0.1, 0.15) is 37.2 Å². The highest BCUT2D eigenvalue weighted by atomic mass is 35.5. The Kier molecular flexibility index (Phi) is 4.81. The summed E-state index contributed by atoms with van der Waals surface area (Å²) in [6.07, 6.45) is 4.30. The number of nitrogens with zero attached hydrogens (tertiary/aromatic N) is 1. The highest BCUT2D eigenvalue weighted by Crippen LogP contribution is 2.29. The zero-order chi connectivity index (χ0) is 14.7. The number of benzene rings is 1. The van der Waals surface area contributed by atoms with Crippen molar-refractivity contribution in [1.82, 2.24) is 4.90 Å². The molecule has 1 aromatic carbocycles. The topological polar surface area (TPSA) is 29.5 Å². The second-order valence-electron chi connectivity index (χ2n) is 6.09. The van der Waals surface area contributed by atoms with Crippen molar-refractivity contribution in [3.63, 3.8) is 0 Å². The first-order valence-corrected chi connectivity index (χ1v) is 8.24. The van der Waals surface area contributed by atoms with Crippen molar-refractivity contribution in [2.24, 2.45) is 5.92 Å². The molecule has 0 aromatic heterocycles. The lowest BCUT2D eigenvalue weighted by molar-refractivity contribution is -0.135. The van der Waals surface area contributed by atoms with Crippen molar-refractivity contribution in [1.29, 1.82) is 0 Å². The Labute approximate surface area is 131 Å². The van der Waals surface area contributed by atoms with E-state index >= 15 is 0 Å². The van der Waals surface area contributed by atoms with Gasteiger partial charge in [-0.15, -0.1) is 0 Å². The number of rotatable bonds is 2. The van der Waals surface area contributed by atoms with E-state index in [1.54, 1.807) is 0 Å². The van der Waals surface area contributed by atoms with Crippen LogP contribution < -0.4 is 0 Å². The van der Waals surface area contributed by atoms with Crippen molar-refractivity contribution >= 4 is 17.5 Å². The number of ether oxygens (including phenoxy) is 1. The largest absolute Gasteiger partial charge is 0.381 e. The summed E-state index contributed by atoms with van der Waals surface area (Å²) in [6.45, 7) is 3.04. The van der Waals surface area contributed by atoms with Gasteiger partial charge in [-0.2, -0.15) is 0 Å². The van der Waals surface area contributed by atoms with Crippen LogP contribution >= 0.6 is 11.6 Å². The normalized spacial score (nSPS) is 26.6. The summed E-state index contributed by atoms with van der Waals surface area (Å²) in [7, 11) is 0. The number of carbonyl (C=O) groups is 1. The van der Waals surface area contributed by atoms with Crippen LogP contribution in [0.3, 0.4) is 0 Å². The fourth-order valence-corrected chi connectivity index (χ4v) is 3.46. The summed E-state index contributed by atoms with van der Waals surface area (Å²) in [5.74, 6) is 0.790. The van der Waals surface area contributed by atoms with E-state index in [0.29, 0.717) is 12.5 Å². The molecule has 0 N–H and O–H groups in total. The van der Waals surface area contributed by atoms with E-state index in [2.05, 4.69) is 17.0 Å². The highest BCUT2D eigenvalue weighted by Gasteiger charge is 2.30. The van der Waals surface area contributed by atoms with Gasteiger partial charge in [0.15, 0.2) is 0 Å². The number of carbonyl (C=O) groups excluding carboxylic acids is 1. The van der Waals surface area contributed by atoms with Gasteiger partial charge in [-0.05, 0) is 37.0 Å². The van der Waals surface area contributed by atoms with Crippen LogP contribution in [0.5, 0.6) is 0 Å². The van der Waals surface area contributed by atoms with Crippen LogP contribution in [0, 0.1) is 5.92 Å². The van der Waals surface area contributed by atoms with Crippen molar-refractivity contribution < 1.29 is 9.53 Å². The lowest BCUT2D eigenvalue weighted by Crippen LogP contribution is -2.38. The first kappa shape index (κ1) is 14.9. The standard InChI is InChI=1S/C17H22ClNO2/c18-16-6-4-13(5-7-16)14-3-1-2-9-19(11-14)17(20)15-8-10-21-12-15/h4-7,14-15H,1-3,8-12H2. The Balaban J connectivity index is 1.70. The molecule has 0 spiro atoms. The summed E-state index contributed by atoms with van der Waals surface area (Å²) < 4.78 is 5.36. The van der Waals surface area contributed by atoms with Gasteiger partial charge in [-0.3, -0.25) is 4.79 Å². The average Bonchev–Trinajstić information content (AvgIpc) is 2.92. The fourth-order valence-electron chi connectivity index (χ4n) is 3.34. The molecule has 0 saturated carbocycles. The number of amides is 1. The molecule has 3 nitrogen and oxygen atoms in total. The number of likely N-dealkylation sites (tertiary alicyclic amines) is 1. The molecule has 4 heteroatoms. The maximum absolute atomic E-state index is 12.6. The molecule has 2 aliphatic rings. The van der Waals surface area contributed by atoms with Gasteiger partial charge in [-0.1, -0.05) is 30.2 Å². The maximum Gasteiger partial charge on any atom is 0.228 e. The first-order valence-electron chi connectivity index (χ1n) is 7.86. The van der Waals surface area contributed by atoms with Crippen LogP contribution in [0.2, 0.25) is 5.02 Å². The molecule has 2 saturated heterocycles. The predicted molar refractivity (Wildman–Crippen MR) is 83.6 cm³/mol. The van der Waals surface area contributed by atoms with Gasteiger partial charge in [-0.25, -0.2) is 0 Å². The van der Waals surface area contributed by atoms with Gasteiger partial charge in [0.2, 0.25) is 5.91 Å². The molecule has 1 aromatic rings. The van der Waals surface area contributed by atoms with Crippen molar-refractivity contribution in [3.05, 3.63) is 34.9 Å². The zero-order valence-corrected chi connectivity index (χ0v) is 13.0. The van der Waals surface area contributed by atoms with E-state index in [-0.39, 0.29) is 11.8 Å². The first-order chi connectivity index (χ1) is 10.2. The molecule has 0 aliphatic carbocycles. The minimum Gasteiger partial charge on any atom is -0.381 e. The average molecular weight is 308 g/mol. The molecule has 2 fully saturated rings. The molecule has 21 heavy (non-hydrogen) atoms. The highest BCUT2D eigenvalue weighted by molar-refractivity contribution is 6.30. The van der Waals surface area contributed by atoms with Crippen molar-refractivity contribution in [3.8, 4) is 0 Å². The van der Waals surface area contributed by atoms with Crippen LogP contribution in [-0.4, -0.2) is 37.1 Å². The van der Waals surface area contributed by atoms with E-state index in [0.717, 1.165) is 44.0 Å². The minimum absolute atomic E-state index is 0.0777. The number of hydrogen-bond donors (Lipinski definition) is 0. The van der Waals surface area contributed by atoms with E-state index < -0.39 is 0 Å². The third kappa shape index (κ3) is 3.58. The molecule has 0 bridgehead atoms. The molecule has 2 unspecified atom stereocenters. The van der Waals surface area contributed by atoms with E-state index in [4.69, 9.17) is 16.3 Å². The lowest BCUT2D eigenvalue weighted by atomic mass is 9.94. The van der Waals surface area contributed by atoms with E-state index in [1.807, 2.05) is 12.1 Å². The SMILES string of the molecule is O=C(C1CCOC1)N1CCCCC(c2ccc(Cl)cc2)C1. The Morgan fingerprint density at radius 3 is 2.71 bits per heavy atom. The van der Waals surface area contributed by atoms with E-state index in [1.165, 1.54) is 12.0 Å². The second-order valence-corrected chi connectivity index (χ2v) is 6.53. The summed E-state index contributed by atoms with van der Waals surface area (Å²) in [4.78, 5) is 14.7. The third-order valence-electron chi connectivity index (χ3n) is 4.60. The van der Waals surface area contributed by atoms with Crippen molar-refractivity contribution in [2.45, 2.75) is 31.6 Å². The summed E-state index contributed by atoms with van der Waals surface area (Å²) in [6, 6.07) is 8.08. The maximum atomic E-state index is 12.6. The summed E-state index contributed by atoms with van der Waals surface area (Å²) in [5.41, 5.74) is 1.29. The monoisotopic (exact) mass is 307 g/mol. The van der Waals surface area contributed by atoms with Crippen LogP contribution in [0.4, 0.5) is 0 Å². The molecule has 114 valence electrons. The van der Waals surface area contributed by atoms with Crippen LogP contribution in [0.25, 0.3) is 0 Å². The van der Waals surface area contributed by atoms with Crippen LogP contribution in [-0.2, 0) is 9.53 Å². The lowest BCUT2D eigenvalue weighted by Gasteiger charge is -2.27. The van der Waals surface area contributed by atoms with E-state index in [9.17, 15) is 4.79 Å². The Morgan fingerprint density at radius 1 is 1.19 bits per heavy atom. The van der Waals surface area contributed by atoms with Gasteiger partial charge >= 0.3 is 0 Å². The molecule has 2 aliphatic heterocycles. The fraction of sp³-hybridized carbons (Fsp3) is 0.588. The molecule has 2 heterocycles. The van der Waals surface area contributed by atoms with Crippen LogP contribution in [0.15, 0.2) is 24.3 Å². The minimum atomic E-state index is 0.0777. The van der Waals surface area contributed by atoms with Crippen molar-refractivity contribution in [2.75, 3.05) is 26.3 Å². The Bertz CT molecular complexity index is 482. The predicted octanol–water partition coefficient (Wildman–Crippen LogP) is 3.47. The third-order valence-corrected chi connectivity index (χ3v) is 4.86. The van der Waals surface area contributed by atoms with Gasteiger partial charge in [0.05, 0.1) is 12.5 Å². The van der Waals surface area contributed by atoms with Gasteiger partial charge in [0.1, 0.15) is 0 Å². The van der Waals surface area contributed by atoms with Gasteiger partial charge in [0.25, 0.3) is 0 Å². The van der Waals surface area contributed by atoms with Gasteiger partial charge < -0.3 is 9.64 Å². The molecular weight excluding hydrogens is 286 g/mol. The zero-order valence-electron chi connectivity index (χ0n) is 12.3. The Hall–Kier alpha value is -1.06. The molecule has 1 amide bonds. The van der Waals surface area contributed by atoms with Gasteiger partial charge in [0, 0.05) is 30.6 Å². The quantitative estimate of drug-likeness (QED) is 0.837. The summed E-state index contributed by atoms with van der Waals surface area (Å²) >= 11 is 5.97.